The molecule has 134 valence electrons. The van der Waals surface area contributed by atoms with Crippen LogP contribution in [-0.4, -0.2) is 36.3 Å². The average Bonchev–Trinajstić information content (AvgIpc) is 3.34. The van der Waals surface area contributed by atoms with E-state index < -0.39 is 11.7 Å². The van der Waals surface area contributed by atoms with Crippen LogP contribution in [0.4, 0.5) is 9.52 Å². The highest BCUT2D eigenvalue weighted by Gasteiger charge is 2.21. The van der Waals surface area contributed by atoms with Crippen LogP contribution in [0.3, 0.4) is 0 Å². The van der Waals surface area contributed by atoms with Crippen LogP contribution in [0.25, 0.3) is 5.69 Å². The van der Waals surface area contributed by atoms with Crippen molar-refractivity contribution in [1.82, 2.24) is 30.4 Å². The third kappa shape index (κ3) is 3.45. The number of hydrogen-bond donors (Lipinski definition) is 1. The van der Waals surface area contributed by atoms with Gasteiger partial charge >= 0.3 is 0 Å². The molecule has 0 saturated heterocycles. The Hall–Kier alpha value is -2.75. The lowest BCUT2D eigenvalue weighted by molar-refractivity contribution is 0.102. The predicted octanol–water partition coefficient (Wildman–Crippen LogP) is 2.95. The number of tetrazole rings is 1. The van der Waals surface area contributed by atoms with E-state index in [9.17, 15) is 9.18 Å². The van der Waals surface area contributed by atoms with E-state index in [-0.39, 0.29) is 5.56 Å². The number of nitrogens with one attached hydrogen (secondary N) is 1. The lowest BCUT2D eigenvalue weighted by Gasteiger charge is -2.18. The van der Waals surface area contributed by atoms with E-state index in [4.69, 9.17) is 0 Å². The highest BCUT2D eigenvalue weighted by atomic mass is 32.1. The summed E-state index contributed by atoms with van der Waals surface area (Å²) < 4.78 is 15.0. The number of amides is 1. The molecule has 8 nitrogen and oxygen atoms in total. The van der Waals surface area contributed by atoms with Crippen LogP contribution in [-0.2, 0) is 0 Å². The van der Waals surface area contributed by atoms with E-state index in [0.29, 0.717) is 16.7 Å². The van der Waals surface area contributed by atoms with Gasteiger partial charge in [-0.2, -0.15) is 4.68 Å². The summed E-state index contributed by atoms with van der Waals surface area (Å²) in [6, 6.07) is 3.85. The lowest BCUT2D eigenvalue weighted by atomic mass is 9.90. The quantitative estimate of drug-likeness (QED) is 0.755. The van der Waals surface area contributed by atoms with E-state index in [2.05, 4.69) is 31.0 Å². The number of carbonyl (C=O) groups is 1. The Morgan fingerprint density at radius 3 is 2.85 bits per heavy atom. The van der Waals surface area contributed by atoms with Gasteiger partial charge in [0.25, 0.3) is 5.91 Å². The summed E-state index contributed by atoms with van der Waals surface area (Å²) in [7, 11) is 0. The van der Waals surface area contributed by atoms with E-state index in [0.717, 1.165) is 23.9 Å². The molecule has 10 heteroatoms. The number of aromatic nitrogens is 6. The minimum atomic E-state index is -0.521. The first kappa shape index (κ1) is 16.7. The molecule has 3 aromatic rings. The molecule has 0 bridgehead atoms. The largest absolute Gasteiger partial charge is 0.296 e. The summed E-state index contributed by atoms with van der Waals surface area (Å²) in [4.78, 5) is 12.6. The molecule has 0 spiro atoms. The van der Waals surface area contributed by atoms with Crippen LogP contribution in [0, 0.1) is 5.82 Å². The van der Waals surface area contributed by atoms with Gasteiger partial charge in [-0.05, 0) is 41.5 Å². The summed E-state index contributed by atoms with van der Waals surface area (Å²) in [5.41, 5.74) is 0.498. The van der Waals surface area contributed by atoms with Crippen molar-refractivity contribution in [3.8, 4) is 5.69 Å². The van der Waals surface area contributed by atoms with Gasteiger partial charge in [0.15, 0.2) is 0 Å². The van der Waals surface area contributed by atoms with Crippen LogP contribution >= 0.6 is 11.3 Å². The van der Waals surface area contributed by atoms with Crippen molar-refractivity contribution >= 4 is 22.4 Å². The Labute approximate surface area is 152 Å². The maximum Gasteiger partial charge on any atom is 0.259 e. The lowest BCUT2D eigenvalue weighted by Crippen LogP contribution is -2.15. The van der Waals surface area contributed by atoms with Gasteiger partial charge in [0.1, 0.15) is 17.2 Å². The van der Waals surface area contributed by atoms with Gasteiger partial charge in [-0.3, -0.25) is 10.1 Å². The van der Waals surface area contributed by atoms with Crippen molar-refractivity contribution in [3.05, 3.63) is 40.9 Å². The molecule has 1 amide bonds. The topological polar surface area (TPSA) is 98.5 Å². The second-order valence-corrected chi connectivity index (χ2v) is 7.16. The maximum absolute atomic E-state index is 13.7. The second kappa shape index (κ2) is 7.24. The highest BCUT2D eigenvalue weighted by molar-refractivity contribution is 7.15. The number of anilines is 1. The van der Waals surface area contributed by atoms with E-state index in [1.54, 1.807) is 0 Å². The van der Waals surface area contributed by atoms with Crippen LogP contribution < -0.4 is 5.32 Å². The summed E-state index contributed by atoms with van der Waals surface area (Å²) in [6.07, 6.45) is 7.22. The third-order valence-corrected chi connectivity index (χ3v) is 5.42. The molecule has 1 aromatic carbocycles. The van der Waals surface area contributed by atoms with Crippen LogP contribution in [0.5, 0.6) is 0 Å². The molecule has 0 radical (unpaired) electrons. The van der Waals surface area contributed by atoms with Gasteiger partial charge in [0.05, 0.1) is 11.3 Å². The first-order valence-electron chi connectivity index (χ1n) is 8.38. The molecule has 2 heterocycles. The normalized spacial score (nSPS) is 15.1. The van der Waals surface area contributed by atoms with E-state index in [1.807, 2.05) is 0 Å². The molecular weight excluding hydrogens is 357 g/mol. The minimum Gasteiger partial charge on any atom is -0.296 e. The van der Waals surface area contributed by atoms with Crippen molar-refractivity contribution in [1.29, 1.82) is 0 Å². The fourth-order valence-electron chi connectivity index (χ4n) is 3.13. The van der Waals surface area contributed by atoms with E-state index in [1.165, 1.54) is 53.7 Å². The molecule has 1 aliphatic carbocycles. The molecule has 2 aromatic heterocycles. The Kier molecular flexibility index (Phi) is 4.65. The van der Waals surface area contributed by atoms with Gasteiger partial charge in [-0.1, -0.05) is 30.6 Å². The number of halogens is 1. The Bertz CT molecular complexity index is 905. The van der Waals surface area contributed by atoms with Crippen molar-refractivity contribution in [2.75, 3.05) is 5.32 Å². The van der Waals surface area contributed by atoms with Crippen molar-refractivity contribution in [2.45, 2.75) is 38.0 Å². The fraction of sp³-hybridized carbons (Fsp3) is 0.375. The van der Waals surface area contributed by atoms with Gasteiger partial charge < -0.3 is 0 Å². The molecule has 0 aliphatic heterocycles. The molecule has 0 atom stereocenters. The third-order valence-electron chi connectivity index (χ3n) is 4.41. The maximum atomic E-state index is 13.7. The molecule has 1 saturated carbocycles. The van der Waals surface area contributed by atoms with Crippen molar-refractivity contribution in [2.24, 2.45) is 0 Å². The number of nitrogens with zero attached hydrogens (tertiary/aromatic N) is 6. The molecule has 4 rings (SSSR count). The Morgan fingerprint density at radius 2 is 2.08 bits per heavy atom. The summed E-state index contributed by atoms with van der Waals surface area (Å²) >= 11 is 1.37. The van der Waals surface area contributed by atoms with Crippen LogP contribution in [0.2, 0.25) is 0 Å². The first-order chi connectivity index (χ1) is 12.7. The first-order valence-corrected chi connectivity index (χ1v) is 9.20. The molecule has 1 N–H and O–H groups in total. The average molecular weight is 373 g/mol. The predicted molar refractivity (Wildman–Crippen MR) is 92.8 cm³/mol. The summed E-state index contributed by atoms with van der Waals surface area (Å²) in [6.45, 7) is 0. The highest BCUT2D eigenvalue weighted by Crippen LogP contribution is 2.35. The fourth-order valence-corrected chi connectivity index (χ4v) is 4.03. The molecular formula is C16H16FN7OS. The number of rotatable bonds is 4. The van der Waals surface area contributed by atoms with Crippen molar-refractivity contribution in [3.63, 3.8) is 0 Å². The van der Waals surface area contributed by atoms with Crippen molar-refractivity contribution < 1.29 is 9.18 Å². The van der Waals surface area contributed by atoms with E-state index >= 15 is 0 Å². The molecule has 0 unspecified atom stereocenters. The Morgan fingerprint density at radius 1 is 1.23 bits per heavy atom. The molecule has 1 aliphatic rings. The van der Waals surface area contributed by atoms with Crippen LogP contribution in [0.1, 0.15) is 53.4 Å². The van der Waals surface area contributed by atoms with Crippen LogP contribution in [0.15, 0.2) is 24.5 Å². The summed E-state index contributed by atoms with van der Waals surface area (Å²) in [5.74, 6) is -0.591. The number of benzene rings is 1. The zero-order chi connectivity index (χ0) is 17.9. The van der Waals surface area contributed by atoms with Gasteiger partial charge in [0, 0.05) is 5.92 Å². The molecule has 26 heavy (non-hydrogen) atoms. The minimum absolute atomic E-state index is 0.117. The number of hydrogen-bond acceptors (Lipinski definition) is 7. The monoisotopic (exact) mass is 373 g/mol. The Balaban J connectivity index is 1.55. The smallest absolute Gasteiger partial charge is 0.259 e. The zero-order valence-corrected chi connectivity index (χ0v) is 14.6. The standard InChI is InChI=1S/C16H16FN7OS/c17-11-6-7-13(24-9-18-22-23-24)12(8-11)14(25)19-16-21-20-15(26-16)10-4-2-1-3-5-10/h6-10H,1-5H2,(H,19,21,25). The number of carbonyl (C=O) groups excluding carboxylic acids is 1. The zero-order valence-electron chi connectivity index (χ0n) is 13.8. The molecule has 1 fully saturated rings. The SMILES string of the molecule is O=C(Nc1nnc(C2CCCCC2)s1)c1cc(F)ccc1-n1cnnn1. The second-order valence-electron chi connectivity index (χ2n) is 6.15. The van der Waals surface area contributed by atoms with Gasteiger partial charge in [0.2, 0.25) is 5.13 Å². The summed E-state index contributed by atoms with van der Waals surface area (Å²) in [5, 5.41) is 23.2. The van der Waals surface area contributed by atoms with Gasteiger partial charge in [-0.15, -0.1) is 15.3 Å². The van der Waals surface area contributed by atoms with Gasteiger partial charge in [-0.25, -0.2) is 4.39 Å².